The Hall–Kier alpha value is -1.75. The van der Waals surface area contributed by atoms with Crippen LogP contribution >= 0.6 is 11.8 Å². The molecule has 1 heterocycles. The minimum atomic E-state index is -0.884. The van der Waals surface area contributed by atoms with Crippen LogP contribution in [0.5, 0.6) is 0 Å². The lowest BCUT2D eigenvalue weighted by Gasteiger charge is -2.06. The Morgan fingerprint density at radius 2 is 2.32 bits per heavy atom. The van der Waals surface area contributed by atoms with Gasteiger partial charge in [0.25, 0.3) is 0 Å². The van der Waals surface area contributed by atoms with Gasteiger partial charge in [-0.2, -0.15) is 0 Å². The molecule has 19 heavy (non-hydrogen) atoms. The average molecular weight is 274 g/mol. The molecule has 1 saturated carbocycles. The Morgan fingerprint density at radius 3 is 3.05 bits per heavy atom. The van der Waals surface area contributed by atoms with Crippen molar-refractivity contribution in [3.05, 3.63) is 48.0 Å². The van der Waals surface area contributed by atoms with Gasteiger partial charge in [0.05, 0.1) is 11.9 Å². The number of benzene rings is 1. The fourth-order valence-electron chi connectivity index (χ4n) is 2.00. The molecule has 2 aromatic rings. The molecule has 98 valence electrons. The highest BCUT2D eigenvalue weighted by Gasteiger charge is 2.25. The second-order valence-corrected chi connectivity index (χ2v) is 5.69. The maximum atomic E-state index is 10.9. The summed E-state index contributed by atoms with van der Waals surface area (Å²) in [5.41, 5.74) is 1.54. The van der Waals surface area contributed by atoms with Crippen LogP contribution in [0.4, 0.5) is 0 Å². The number of aromatic carboxylic acids is 1. The van der Waals surface area contributed by atoms with Crippen LogP contribution in [0, 0.1) is 0 Å². The minimum absolute atomic E-state index is 0.334. The van der Waals surface area contributed by atoms with Crippen molar-refractivity contribution in [3.63, 3.8) is 0 Å². The maximum absolute atomic E-state index is 10.9. The predicted octanol–water partition coefficient (Wildman–Crippen LogP) is 3.21. The maximum Gasteiger partial charge on any atom is 0.335 e. The zero-order chi connectivity index (χ0) is 13.2. The van der Waals surface area contributed by atoms with Crippen molar-refractivity contribution in [2.24, 2.45) is 0 Å². The lowest BCUT2D eigenvalue weighted by molar-refractivity contribution is 0.0696. The number of hydrogen-bond acceptors (Lipinski definition) is 3. The van der Waals surface area contributed by atoms with Gasteiger partial charge in [0.1, 0.15) is 0 Å². The topological polar surface area (TPSA) is 55.1 Å². The predicted molar refractivity (Wildman–Crippen MR) is 73.5 cm³/mol. The summed E-state index contributed by atoms with van der Waals surface area (Å²) in [4.78, 5) is 16.1. The zero-order valence-electron chi connectivity index (χ0n) is 10.3. The summed E-state index contributed by atoms with van der Waals surface area (Å²) in [5.74, 6) is -0.0648. The van der Waals surface area contributed by atoms with Crippen LogP contribution < -0.4 is 0 Å². The number of nitrogens with zero attached hydrogens (tertiary/aromatic N) is 2. The van der Waals surface area contributed by atoms with E-state index in [4.69, 9.17) is 5.11 Å². The van der Waals surface area contributed by atoms with Crippen molar-refractivity contribution < 1.29 is 9.90 Å². The molecule has 1 aromatic heterocycles. The number of rotatable bonds is 5. The molecular weight excluding hydrogens is 260 g/mol. The number of aromatic nitrogens is 2. The van der Waals surface area contributed by atoms with Crippen LogP contribution in [-0.2, 0) is 5.75 Å². The van der Waals surface area contributed by atoms with Gasteiger partial charge >= 0.3 is 5.97 Å². The molecular formula is C14H14N2O2S. The molecule has 0 unspecified atom stereocenters. The Balaban J connectivity index is 1.70. The third-order valence-electron chi connectivity index (χ3n) is 3.15. The number of hydrogen-bond donors (Lipinski definition) is 1. The van der Waals surface area contributed by atoms with Gasteiger partial charge in [0.15, 0.2) is 0 Å². The zero-order valence-corrected chi connectivity index (χ0v) is 11.1. The van der Waals surface area contributed by atoms with Gasteiger partial charge in [-0.1, -0.05) is 6.07 Å². The molecule has 0 saturated heterocycles. The minimum Gasteiger partial charge on any atom is -0.478 e. The first kappa shape index (κ1) is 12.3. The highest BCUT2D eigenvalue weighted by atomic mass is 32.2. The monoisotopic (exact) mass is 274 g/mol. The van der Waals surface area contributed by atoms with E-state index in [-0.39, 0.29) is 0 Å². The molecule has 1 N–H and O–H groups in total. The second-order valence-electron chi connectivity index (χ2n) is 4.65. The van der Waals surface area contributed by atoms with Crippen LogP contribution in [0.2, 0.25) is 0 Å². The Bertz CT molecular complexity index is 605. The van der Waals surface area contributed by atoms with Gasteiger partial charge in [-0.3, -0.25) is 0 Å². The van der Waals surface area contributed by atoms with E-state index in [0.29, 0.717) is 11.6 Å². The Kier molecular flexibility index (Phi) is 3.29. The molecule has 1 aliphatic rings. The number of carboxylic acid groups (broad SMARTS) is 1. The standard InChI is InChI=1S/C14H14N2O2S/c17-14(18)10-2-1-3-13(6-10)19-8-12-7-15-9-16(12)11-4-5-11/h1-3,6-7,9,11H,4-5,8H2,(H,17,18). The van der Waals surface area contributed by atoms with E-state index in [0.717, 1.165) is 10.6 Å². The van der Waals surface area contributed by atoms with Gasteiger partial charge in [-0.25, -0.2) is 9.78 Å². The first-order valence-electron chi connectivity index (χ1n) is 6.21. The van der Waals surface area contributed by atoms with Crippen molar-refractivity contribution in [1.82, 2.24) is 9.55 Å². The molecule has 0 bridgehead atoms. The smallest absolute Gasteiger partial charge is 0.335 e. The van der Waals surface area contributed by atoms with Crippen molar-refractivity contribution in [1.29, 1.82) is 0 Å². The van der Waals surface area contributed by atoms with Crippen LogP contribution in [0.25, 0.3) is 0 Å². The van der Waals surface area contributed by atoms with E-state index in [1.54, 1.807) is 30.0 Å². The van der Waals surface area contributed by atoms with E-state index in [9.17, 15) is 4.79 Å². The lowest BCUT2D eigenvalue weighted by atomic mass is 10.2. The van der Waals surface area contributed by atoms with Gasteiger partial charge in [0.2, 0.25) is 0 Å². The summed E-state index contributed by atoms with van der Waals surface area (Å²) in [6.45, 7) is 0. The van der Waals surface area contributed by atoms with Crippen LogP contribution in [-0.4, -0.2) is 20.6 Å². The van der Waals surface area contributed by atoms with Crippen LogP contribution in [0.15, 0.2) is 41.7 Å². The number of imidazole rings is 1. The highest BCUT2D eigenvalue weighted by molar-refractivity contribution is 7.98. The molecule has 5 heteroatoms. The summed E-state index contributed by atoms with van der Waals surface area (Å²) in [5, 5.41) is 8.96. The largest absolute Gasteiger partial charge is 0.478 e. The van der Waals surface area contributed by atoms with E-state index < -0.39 is 5.97 Å². The molecule has 1 aromatic carbocycles. The Morgan fingerprint density at radius 1 is 1.47 bits per heavy atom. The molecule has 0 radical (unpaired) electrons. The fourth-order valence-corrected chi connectivity index (χ4v) is 2.92. The summed E-state index contributed by atoms with van der Waals surface area (Å²) in [6.07, 6.45) is 6.26. The lowest BCUT2D eigenvalue weighted by Crippen LogP contribution is -1.98. The fraction of sp³-hybridized carbons (Fsp3) is 0.286. The molecule has 0 spiro atoms. The molecule has 3 rings (SSSR count). The van der Waals surface area contributed by atoms with Crippen molar-refractivity contribution in [3.8, 4) is 0 Å². The molecule has 0 aliphatic heterocycles. The van der Waals surface area contributed by atoms with Gasteiger partial charge in [0, 0.05) is 28.6 Å². The second kappa shape index (κ2) is 5.09. The normalized spacial score (nSPS) is 14.5. The quantitative estimate of drug-likeness (QED) is 0.851. The summed E-state index contributed by atoms with van der Waals surface area (Å²) < 4.78 is 2.23. The molecule has 0 amide bonds. The first-order valence-corrected chi connectivity index (χ1v) is 7.19. The van der Waals surface area contributed by atoms with Gasteiger partial charge < -0.3 is 9.67 Å². The van der Waals surface area contributed by atoms with E-state index >= 15 is 0 Å². The van der Waals surface area contributed by atoms with Crippen LogP contribution in [0.3, 0.4) is 0 Å². The third-order valence-corrected chi connectivity index (χ3v) is 4.18. The SMILES string of the molecule is O=C(O)c1cccc(SCc2cncn2C2CC2)c1. The van der Waals surface area contributed by atoms with Gasteiger partial charge in [-0.05, 0) is 31.0 Å². The summed E-state index contributed by atoms with van der Waals surface area (Å²) in [6, 6.07) is 7.67. The Labute approximate surface area is 115 Å². The van der Waals surface area contributed by atoms with E-state index in [1.807, 2.05) is 18.6 Å². The first-order chi connectivity index (χ1) is 9.24. The van der Waals surface area contributed by atoms with Crippen molar-refractivity contribution in [2.45, 2.75) is 29.5 Å². The molecule has 1 fully saturated rings. The van der Waals surface area contributed by atoms with Gasteiger partial charge in [-0.15, -0.1) is 11.8 Å². The van der Waals surface area contributed by atoms with Crippen LogP contribution in [0.1, 0.15) is 34.9 Å². The van der Waals surface area contributed by atoms with E-state index in [2.05, 4.69) is 9.55 Å². The molecule has 0 atom stereocenters. The third kappa shape index (κ3) is 2.81. The molecule has 1 aliphatic carbocycles. The number of carbonyl (C=O) groups is 1. The van der Waals surface area contributed by atoms with Crippen molar-refractivity contribution >= 4 is 17.7 Å². The number of carboxylic acids is 1. The van der Waals surface area contributed by atoms with Crippen molar-refractivity contribution in [2.75, 3.05) is 0 Å². The highest BCUT2D eigenvalue weighted by Crippen LogP contribution is 2.36. The summed E-state index contributed by atoms with van der Waals surface area (Å²) >= 11 is 1.64. The summed E-state index contributed by atoms with van der Waals surface area (Å²) in [7, 11) is 0. The average Bonchev–Trinajstić information content (AvgIpc) is 3.16. The number of thioether (sulfide) groups is 1. The van der Waals surface area contributed by atoms with E-state index in [1.165, 1.54) is 18.5 Å². The molecule has 4 nitrogen and oxygen atoms in total.